The number of thiocarbonyl (C=S) groups is 1. The van der Waals surface area contributed by atoms with E-state index < -0.39 is 0 Å². The number of para-hydroxylation sites is 1. The monoisotopic (exact) mass is 253 g/mol. The van der Waals surface area contributed by atoms with E-state index in [9.17, 15) is 0 Å². The molecule has 4 nitrogen and oxygen atoms in total. The number of aryl methyl sites for hydroxylation is 1. The Morgan fingerprint density at radius 2 is 2.25 bits per heavy atom. The summed E-state index contributed by atoms with van der Waals surface area (Å²) in [6, 6.07) is 7.86. The second kappa shape index (κ2) is 5.27. The molecule has 1 heterocycles. The molecule has 0 amide bonds. The van der Waals surface area contributed by atoms with Crippen LogP contribution in [0.3, 0.4) is 0 Å². The first-order chi connectivity index (χ1) is 7.77. The molecular formula is C10H11N3OS2. The van der Waals surface area contributed by atoms with E-state index in [4.69, 9.17) is 17.0 Å². The molecule has 0 aliphatic rings. The quantitative estimate of drug-likeness (QED) is 0.514. The molecule has 0 N–H and O–H groups in total. The summed E-state index contributed by atoms with van der Waals surface area (Å²) in [7, 11) is 0. The van der Waals surface area contributed by atoms with E-state index in [0.29, 0.717) is 6.61 Å². The van der Waals surface area contributed by atoms with Crippen LogP contribution in [0, 0.1) is 0 Å². The number of nitrogens with zero attached hydrogens (tertiary/aromatic N) is 3. The van der Waals surface area contributed by atoms with Crippen LogP contribution in [0.15, 0.2) is 24.3 Å². The molecule has 16 heavy (non-hydrogen) atoms. The molecule has 2 rings (SSSR count). The summed E-state index contributed by atoms with van der Waals surface area (Å²) in [6.07, 6.45) is 0.827. The minimum Gasteiger partial charge on any atom is -0.479 e. The average molecular weight is 253 g/mol. The summed E-state index contributed by atoms with van der Waals surface area (Å²) in [4.78, 5) is 0. The normalized spacial score (nSPS) is 10.6. The number of fused-ring (bicyclic) bond motifs is 1. The molecule has 0 saturated carbocycles. The maximum Gasteiger partial charge on any atom is 0.216 e. The van der Waals surface area contributed by atoms with Crippen LogP contribution in [-0.2, 0) is 11.3 Å². The van der Waals surface area contributed by atoms with Crippen LogP contribution < -0.4 is 0 Å². The van der Waals surface area contributed by atoms with E-state index in [-0.39, 0.29) is 4.38 Å². The molecule has 0 bridgehead atoms. The van der Waals surface area contributed by atoms with Gasteiger partial charge in [0.1, 0.15) is 5.52 Å². The first-order valence-electron chi connectivity index (χ1n) is 4.91. The zero-order chi connectivity index (χ0) is 11.4. The van der Waals surface area contributed by atoms with Gasteiger partial charge in [-0.2, -0.15) is 0 Å². The molecule has 0 spiro atoms. The van der Waals surface area contributed by atoms with Gasteiger partial charge in [0.05, 0.1) is 12.1 Å². The number of rotatable bonds is 4. The molecule has 84 valence electrons. The van der Waals surface area contributed by atoms with E-state index in [2.05, 4.69) is 22.9 Å². The van der Waals surface area contributed by atoms with E-state index >= 15 is 0 Å². The molecule has 1 aromatic heterocycles. The lowest BCUT2D eigenvalue weighted by atomic mass is 10.3. The summed E-state index contributed by atoms with van der Waals surface area (Å²) in [5.74, 6) is 0. The molecule has 0 fully saturated rings. The lowest BCUT2D eigenvalue weighted by molar-refractivity contribution is 0.302. The molecule has 0 atom stereocenters. The molecule has 0 aliphatic heterocycles. The number of aromatic nitrogens is 3. The Hall–Kier alpha value is -1.14. The molecule has 0 aliphatic carbocycles. The minimum absolute atomic E-state index is 0.281. The van der Waals surface area contributed by atoms with Crippen LogP contribution in [0.4, 0.5) is 0 Å². The van der Waals surface area contributed by atoms with Crippen molar-refractivity contribution in [1.29, 1.82) is 0 Å². The van der Waals surface area contributed by atoms with E-state index in [1.807, 2.05) is 28.9 Å². The van der Waals surface area contributed by atoms with Crippen molar-refractivity contribution in [2.75, 3.05) is 6.61 Å². The summed E-state index contributed by atoms with van der Waals surface area (Å²) >= 11 is 8.57. The van der Waals surface area contributed by atoms with Crippen LogP contribution in [0.2, 0.25) is 0 Å². The van der Waals surface area contributed by atoms with Gasteiger partial charge in [0, 0.05) is 13.0 Å². The zero-order valence-corrected chi connectivity index (χ0v) is 10.2. The van der Waals surface area contributed by atoms with Gasteiger partial charge in [0.25, 0.3) is 0 Å². The second-order valence-electron chi connectivity index (χ2n) is 3.27. The fraction of sp³-hybridized carbons (Fsp3) is 0.300. The highest BCUT2D eigenvalue weighted by Crippen LogP contribution is 2.09. The van der Waals surface area contributed by atoms with Crippen LogP contribution in [0.1, 0.15) is 6.42 Å². The van der Waals surface area contributed by atoms with Gasteiger partial charge in [0.2, 0.25) is 4.38 Å². The van der Waals surface area contributed by atoms with Gasteiger partial charge < -0.3 is 4.74 Å². The van der Waals surface area contributed by atoms with Crippen molar-refractivity contribution in [3.63, 3.8) is 0 Å². The van der Waals surface area contributed by atoms with Gasteiger partial charge >= 0.3 is 0 Å². The number of hydrogen-bond acceptors (Lipinski definition) is 4. The largest absolute Gasteiger partial charge is 0.479 e. The topological polar surface area (TPSA) is 39.9 Å². The Labute approximate surface area is 104 Å². The van der Waals surface area contributed by atoms with Crippen molar-refractivity contribution in [3.05, 3.63) is 24.3 Å². The predicted octanol–water partition coefficient (Wildman–Crippen LogP) is 2.05. The maximum absolute atomic E-state index is 5.09. The molecule has 0 radical (unpaired) electrons. The Morgan fingerprint density at radius 3 is 3.06 bits per heavy atom. The standard InChI is InChI=1S/C10H11N3OS2/c15-10(16)14-7-3-6-13-9-5-2-1-4-8(9)11-12-13/h1-2,4-5H,3,6-7H2,(H,15,16). The molecule has 6 heteroatoms. The lowest BCUT2D eigenvalue weighted by Crippen LogP contribution is -2.05. The van der Waals surface area contributed by atoms with Crippen LogP contribution in [0.25, 0.3) is 11.0 Å². The van der Waals surface area contributed by atoms with Crippen LogP contribution in [-0.4, -0.2) is 26.0 Å². The lowest BCUT2D eigenvalue weighted by Gasteiger charge is -2.03. The van der Waals surface area contributed by atoms with Gasteiger partial charge in [-0.05, 0) is 24.4 Å². The van der Waals surface area contributed by atoms with Gasteiger partial charge in [-0.15, -0.1) is 5.10 Å². The van der Waals surface area contributed by atoms with Crippen molar-refractivity contribution in [2.45, 2.75) is 13.0 Å². The molecule has 0 unspecified atom stereocenters. The van der Waals surface area contributed by atoms with E-state index in [1.165, 1.54) is 0 Å². The van der Waals surface area contributed by atoms with E-state index in [0.717, 1.165) is 24.0 Å². The minimum atomic E-state index is 0.281. The van der Waals surface area contributed by atoms with E-state index in [1.54, 1.807) is 0 Å². The Morgan fingerprint density at radius 1 is 1.44 bits per heavy atom. The number of thiol groups is 1. The van der Waals surface area contributed by atoms with Gasteiger partial charge in [-0.1, -0.05) is 30.0 Å². The van der Waals surface area contributed by atoms with Crippen molar-refractivity contribution in [3.8, 4) is 0 Å². The number of ether oxygens (including phenoxy) is 1. The molecule has 2 aromatic rings. The molecular weight excluding hydrogens is 242 g/mol. The van der Waals surface area contributed by atoms with Gasteiger partial charge in [0.15, 0.2) is 0 Å². The van der Waals surface area contributed by atoms with Crippen LogP contribution >= 0.6 is 24.8 Å². The summed E-state index contributed by atoms with van der Waals surface area (Å²) < 4.78 is 7.23. The average Bonchev–Trinajstić information content (AvgIpc) is 2.68. The summed E-state index contributed by atoms with van der Waals surface area (Å²) in [6.45, 7) is 1.31. The summed E-state index contributed by atoms with van der Waals surface area (Å²) in [5, 5.41) is 8.13. The van der Waals surface area contributed by atoms with Crippen molar-refractivity contribution in [2.24, 2.45) is 0 Å². The van der Waals surface area contributed by atoms with Gasteiger partial charge in [-0.3, -0.25) is 0 Å². The third-order valence-electron chi connectivity index (χ3n) is 2.16. The Bertz CT molecular complexity index is 498. The SMILES string of the molecule is S=C(S)OCCCn1nnc2ccccc21. The smallest absolute Gasteiger partial charge is 0.216 e. The first-order valence-corrected chi connectivity index (χ1v) is 5.77. The predicted molar refractivity (Wildman–Crippen MR) is 69.7 cm³/mol. The maximum atomic E-state index is 5.09. The number of hydrogen-bond donors (Lipinski definition) is 1. The van der Waals surface area contributed by atoms with Crippen LogP contribution in [0.5, 0.6) is 0 Å². The van der Waals surface area contributed by atoms with Crippen molar-refractivity contribution >= 4 is 40.3 Å². The first kappa shape index (κ1) is 11.3. The Balaban J connectivity index is 1.97. The van der Waals surface area contributed by atoms with Gasteiger partial charge in [-0.25, -0.2) is 4.68 Å². The van der Waals surface area contributed by atoms with Crippen molar-refractivity contribution < 1.29 is 4.74 Å². The second-order valence-corrected chi connectivity index (χ2v) is 4.35. The Kier molecular flexibility index (Phi) is 3.74. The summed E-state index contributed by atoms with van der Waals surface area (Å²) in [5.41, 5.74) is 1.95. The third-order valence-corrected chi connectivity index (χ3v) is 2.41. The fourth-order valence-corrected chi connectivity index (χ4v) is 1.63. The highest BCUT2D eigenvalue weighted by molar-refractivity contribution is 8.10. The fourth-order valence-electron chi connectivity index (χ4n) is 1.46. The molecule has 1 aromatic carbocycles. The molecule has 0 saturated heterocycles. The number of benzene rings is 1. The highest BCUT2D eigenvalue weighted by atomic mass is 32.1. The third kappa shape index (κ3) is 2.70. The zero-order valence-electron chi connectivity index (χ0n) is 8.54. The highest BCUT2D eigenvalue weighted by Gasteiger charge is 2.02. The van der Waals surface area contributed by atoms with Crippen molar-refractivity contribution in [1.82, 2.24) is 15.0 Å².